The first-order chi connectivity index (χ1) is 17.6. The van der Waals surface area contributed by atoms with Crippen LogP contribution in [0.5, 0.6) is 5.75 Å². The van der Waals surface area contributed by atoms with Crippen molar-refractivity contribution in [2.75, 3.05) is 4.90 Å². The zero-order valence-corrected chi connectivity index (χ0v) is 23.1. The predicted octanol–water partition coefficient (Wildman–Crippen LogP) is 6.79. The molecule has 4 rings (SSSR count). The summed E-state index contributed by atoms with van der Waals surface area (Å²) in [5.41, 5.74) is 0.286. The Hall–Kier alpha value is -2.85. The molecule has 0 radical (unpaired) electrons. The average Bonchev–Trinajstić information content (AvgIpc) is 3.28. The van der Waals surface area contributed by atoms with E-state index in [4.69, 9.17) is 4.74 Å². The quantitative estimate of drug-likeness (QED) is 0.423. The van der Waals surface area contributed by atoms with Crippen molar-refractivity contribution in [2.24, 2.45) is 17.3 Å². The lowest BCUT2D eigenvalue weighted by atomic mass is 9.81. The summed E-state index contributed by atoms with van der Waals surface area (Å²) in [5.74, 6) is 6.66. The number of pyridine rings is 1. The van der Waals surface area contributed by atoms with E-state index < -0.39 is 5.97 Å². The van der Waals surface area contributed by atoms with E-state index in [1.54, 1.807) is 12.4 Å². The SMILES string of the molecule is CC1CCC(C(=O)N(c2cc(C#CC(C)(C)C)sc2C(=O)O)[C@H]2CCC[C@H](Oc3cccnc3)C2)CC1. The number of hydrogen-bond donors (Lipinski definition) is 1. The van der Waals surface area contributed by atoms with Gasteiger partial charge in [0, 0.05) is 30.0 Å². The summed E-state index contributed by atoms with van der Waals surface area (Å²) in [7, 11) is 0. The molecule has 0 aromatic carbocycles. The highest BCUT2D eigenvalue weighted by Crippen LogP contribution is 2.39. The van der Waals surface area contributed by atoms with Gasteiger partial charge in [0.05, 0.1) is 16.8 Å². The maximum atomic E-state index is 14.1. The first-order valence-corrected chi connectivity index (χ1v) is 14.2. The van der Waals surface area contributed by atoms with Gasteiger partial charge in [-0.25, -0.2) is 4.79 Å². The molecule has 2 aromatic heterocycles. The van der Waals surface area contributed by atoms with Crippen LogP contribution in [0.3, 0.4) is 0 Å². The lowest BCUT2D eigenvalue weighted by Crippen LogP contribution is -2.48. The fourth-order valence-electron chi connectivity index (χ4n) is 5.29. The second kappa shape index (κ2) is 11.7. The number of rotatable bonds is 6. The fourth-order valence-corrected chi connectivity index (χ4v) is 6.14. The highest BCUT2D eigenvalue weighted by Gasteiger charge is 2.38. The summed E-state index contributed by atoms with van der Waals surface area (Å²) >= 11 is 1.16. The molecule has 2 fully saturated rings. The van der Waals surface area contributed by atoms with Crippen LogP contribution >= 0.6 is 11.3 Å². The van der Waals surface area contributed by atoms with Crippen molar-refractivity contribution in [2.45, 2.75) is 91.2 Å². The minimum Gasteiger partial charge on any atom is -0.489 e. The van der Waals surface area contributed by atoms with Gasteiger partial charge < -0.3 is 14.7 Å². The van der Waals surface area contributed by atoms with Crippen molar-refractivity contribution in [3.05, 3.63) is 40.3 Å². The number of aromatic carboxylic acids is 1. The Morgan fingerprint density at radius 2 is 1.92 bits per heavy atom. The normalized spacial score (nSPS) is 24.0. The van der Waals surface area contributed by atoms with E-state index in [2.05, 4.69) is 23.7 Å². The largest absolute Gasteiger partial charge is 0.489 e. The Labute approximate surface area is 224 Å². The van der Waals surface area contributed by atoms with Crippen molar-refractivity contribution in [3.63, 3.8) is 0 Å². The van der Waals surface area contributed by atoms with E-state index in [1.165, 1.54) is 0 Å². The first kappa shape index (κ1) is 27.2. The van der Waals surface area contributed by atoms with Crippen LogP contribution in [0, 0.1) is 29.1 Å². The van der Waals surface area contributed by atoms with Gasteiger partial charge in [-0.1, -0.05) is 18.8 Å². The molecule has 0 spiro atoms. The molecular formula is C30H38N2O4S. The summed E-state index contributed by atoms with van der Waals surface area (Å²) in [6.07, 6.45) is 10.4. The molecule has 0 saturated heterocycles. The molecule has 1 N–H and O–H groups in total. The number of nitrogens with zero attached hydrogens (tertiary/aromatic N) is 2. The van der Waals surface area contributed by atoms with Gasteiger partial charge in [0.1, 0.15) is 16.7 Å². The smallest absolute Gasteiger partial charge is 0.348 e. The number of aromatic nitrogens is 1. The van der Waals surface area contributed by atoms with Crippen LogP contribution in [-0.4, -0.2) is 34.1 Å². The second-order valence-corrected chi connectivity index (χ2v) is 12.6. The van der Waals surface area contributed by atoms with Gasteiger partial charge in [-0.15, -0.1) is 11.3 Å². The van der Waals surface area contributed by atoms with E-state index in [0.717, 1.165) is 56.3 Å². The van der Waals surface area contributed by atoms with Crippen molar-refractivity contribution >= 4 is 28.9 Å². The minimum atomic E-state index is -1.02. The topological polar surface area (TPSA) is 79.7 Å². The van der Waals surface area contributed by atoms with Crippen LogP contribution in [0.2, 0.25) is 0 Å². The number of anilines is 1. The number of carbonyl (C=O) groups excluding carboxylic acids is 1. The number of carboxylic acid groups (broad SMARTS) is 1. The van der Waals surface area contributed by atoms with Crippen molar-refractivity contribution in [1.82, 2.24) is 4.98 Å². The molecule has 7 heteroatoms. The lowest BCUT2D eigenvalue weighted by molar-refractivity contribution is -0.124. The zero-order valence-electron chi connectivity index (χ0n) is 22.3. The minimum absolute atomic E-state index is 0.0505. The maximum absolute atomic E-state index is 14.1. The monoisotopic (exact) mass is 522 g/mol. The molecule has 0 aliphatic heterocycles. The molecule has 0 unspecified atom stereocenters. The Morgan fingerprint density at radius 3 is 2.57 bits per heavy atom. The van der Waals surface area contributed by atoms with Crippen molar-refractivity contribution in [1.29, 1.82) is 0 Å². The molecule has 6 nitrogen and oxygen atoms in total. The van der Waals surface area contributed by atoms with Crippen LogP contribution in [0.15, 0.2) is 30.6 Å². The molecule has 198 valence electrons. The highest BCUT2D eigenvalue weighted by molar-refractivity contribution is 7.15. The number of amides is 1. The number of thiophene rings is 1. The molecule has 2 atom stereocenters. The number of ether oxygens (including phenoxy) is 1. The molecule has 2 saturated carbocycles. The van der Waals surface area contributed by atoms with Crippen LogP contribution in [0.4, 0.5) is 5.69 Å². The number of hydrogen-bond acceptors (Lipinski definition) is 5. The molecule has 2 aromatic rings. The molecule has 2 heterocycles. The fraction of sp³-hybridized carbons (Fsp3) is 0.567. The standard InChI is InChI=1S/C30H38N2O4S/c1-20-10-12-21(13-11-20)28(33)32(22-7-5-8-23(17-22)36-24-9-6-16-31-19-24)26-18-25(14-15-30(2,3)4)37-27(26)29(34)35/h6,9,16,18-23H,5,7-8,10-13,17H2,1-4H3,(H,34,35)/t20?,21?,22-,23-/m0/s1. The van der Waals surface area contributed by atoms with Crippen LogP contribution in [-0.2, 0) is 4.79 Å². The van der Waals surface area contributed by atoms with E-state index in [9.17, 15) is 14.7 Å². The summed E-state index contributed by atoms with van der Waals surface area (Å²) in [6, 6.07) is 5.44. The molecule has 2 aliphatic rings. The van der Waals surface area contributed by atoms with E-state index in [1.807, 2.05) is 43.9 Å². The van der Waals surface area contributed by atoms with Crippen LogP contribution in [0.25, 0.3) is 0 Å². The predicted molar refractivity (Wildman–Crippen MR) is 147 cm³/mol. The summed E-state index contributed by atoms with van der Waals surface area (Å²) in [4.78, 5) is 33.3. The van der Waals surface area contributed by atoms with E-state index in [-0.39, 0.29) is 34.3 Å². The van der Waals surface area contributed by atoms with Gasteiger partial charge in [0.25, 0.3) is 0 Å². The van der Waals surface area contributed by atoms with Gasteiger partial charge in [-0.05, 0) is 89.8 Å². The van der Waals surface area contributed by atoms with Gasteiger partial charge in [-0.3, -0.25) is 9.78 Å². The summed E-state index contributed by atoms with van der Waals surface area (Å²) in [5, 5.41) is 10.1. The third-order valence-electron chi connectivity index (χ3n) is 7.23. The Morgan fingerprint density at radius 1 is 1.16 bits per heavy atom. The van der Waals surface area contributed by atoms with Gasteiger partial charge in [-0.2, -0.15) is 0 Å². The number of carboxylic acids is 1. The highest BCUT2D eigenvalue weighted by atomic mass is 32.1. The van der Waals surface area contributed by atoms with Crippen molar-refractivity contribution < 1.29 is 19.4 Å². The third-order valence-corrected chi connectivity index (χ3v) is 8.26. The van der Waals surface area contributed by atoms with Gasteiger partial charge in [0.2, 0.25) is 5.91 Å². The molecular weight excluding hydrogens is 484 g/mol. The second-order valence-electron chi connectivity index (χ2n) is 11.5. The summed E-state index contributed by atoms with van der Waals surface area (Å²) in [6.45, 7) is 8.31. The lowest BCUT2D eigenvalue weighted by Gasteiger charge is -2.40. The molecule has 1 amide bonds. The maximum Gasteiger partial charge on any atom is 0.348 e. The third kappa shape index (κ3) is 7.13. The summed E-state index contributed by atoms with van der Waals surface area (Å²) < 4.78 is 6.23. The van der Waals surface area contributed by atoms with Crippen LogP contribution in [0.1, 0.15) is 93.6 Å². The average molecular weight is 523 g/mol. The molecule has 2 aliphatic carbocycles. The van der Waals surface area contributed by atoms with Crippen molar-refractivity contribution in [3.8, 4) is 17.6 Å². The molecule has 0 bridgehead atoms. The number of carbonyl (C=O) groups is 2. The molecule has 37 heavy (non-hydrogen) atoms. The van der Waals surface area contributed by atoms with Crippen LogP contribution < -0.4 is 9.64 Å². The first-order valence-electron chi connectivity index (χ1n) is 13.4. The van der Waals surface area contributed by atoms with E-state index in [0.29, 0.717) is 28.7 Å². The Bertz CT molecular complexity index is 1150. The van der Waals surface area contributed by atoms with Gasteiger partial charge >= 0.3 is 5.97 Å². The Balaban J connectivity index is 1.68. The Kier molecular flexibility index (Phi) is 8.59. The zero-order chi connectivity index (χ0) is 26.6. The van der Waals surface area contributed by atoms with E-state index >= 15 is 0 Å². The van der Waals surface area contributed by atoms with Gasteiger partial charge in [0.15, 0.2) is 0 Å².